The predicted octanol–water partition coefficient (Wildman–Crippen LogP) is 2.04. The third-order valence-corrected chi connectivity index (χ3v) is 2.84. The van der Waals surface area contributed by atoms with Crippen LogP contribution in [0.5, 0.6) is 0 Å². The zero-order valence-corrected chi connectivity index (χ0v) is 11.4. The molecule has 1 unspecified atom stereocenters. The third-order valence-electron chi connectivity index (χ3n) is 2.65. The number of aromatic nitrogens is 2. The van der Waals surface area contributed by atoms with Gasteiger partial charge in [-0.3, -0.25) is 4.79 Å². The summed E-state index contributed by atoms with van der Waals surface area (Å²) in [6.45, 7) is 7.04. The molecule has 1 atom stereocenters. The van der Waals surface area contributed by atoms with Gasteiger partial charge in [0, 0.05) is 31.2 Å². The highest BCUT2D eigenvalue weighted by molar-refractivity contribution is 6.18. The van der Waals surface area contributed by atoms with E-state index in [2.05, 4.69) is 31.1 Å². The first-order valence-corrected chi connectivity index (χ1v) is 6.28. The lowest BCUT2D eigenvalue weighted by molar-refractivity contribution is -0.122. The summed E-state index contributed by atoms with van der Waals surface area (Å²) in [7, 11) is 0. The molecule has 1 heterocycles. The highest BCUT2D eigenvalue weighted by Gasteiger charge is 2.26. The normalized spacial score (nSPS) is 13.4. The Bertz CT molecular complexity index is 343. The number of rotatable bonds is 5. The van der Waals surface area contributed by atoms with Crippen LogP contribution >= 0.6 is 11.6 Å². The molecule has 0 radical (unpaired) electrons. The highest BCUT2D eigenvalue weighted by atomic mass is 35.5. The lowest BCUT2D eigenvalue weighted by Crippen LogP contribution is -2.46. The summed E-state index contributed by atoms with van der Waals surface area (Å²) in [6.07, 6.45) is 5.75. The summed E-state index contributed by atoms with van der Waals surface area (Å²) in [5.41, 5.74) is -0.00770. The van der Waals surface area contributed by atoms with E-state index in [1.165, 1.54) is 0 Å². The van der Waals surface area contributed by atoms with Gasteiger partial charge in [-0.2, -0.15) is 0 Å². The molecule has 0 aromatic carbocycles. The first-order valence-electron chi connectivity index (χ1n) is 5.74. The Balaban J connectivity index is 2.65. The van der Waals surface area contributed by atoms with Crippen LogP contribution in [-0.4, -0.2) is 27.4 Å². The first-order chi connectivity index (χ1) is 7.93. The third kappa shape index (κ3) is 4.77. The molecule has 0 saturated heterocycles. The average molecular weight is 258 g/mol. The first kappa shape index (κ1) is 14.0. The smallest absolute Gasteiger partial charge is 0.221 e. The van der Waals surface area contributed by atoms with E-state index in [0.29, 0.717) is 12.3 Å². The Morgan fingerprint density at radius 3 is 2.71 bits per heavy atom. The molecule has 0 aliphatic heterocycles. The number of carbonyl (C=O) groups is 1. The van der Waals surface area contributed by atoms with Crippen LogP contribution in [0.4, 0.5) is 0 Å². The number of carbonyl (C=O) groups excluding carboxylic acids is 1. The van der Waals surface area contributed by atoms with Gasteiger partial charge in [0.05, 0.1) is 12.4 Å². The minimum Gasteiger partial charge on any atom is -0.351 e. The summed E-state index contributed by atoms with van der Waals surface area (Å²) in [5.74, 6) is 0.355. The molecule has 1 amide bonds. The van der Waals surface area contributed by atoms with E-state index in [0.717, 1.165) is 6.54 Å². The number of hydrogen-bond acceptors (Lipinski definition) is 2. The maximum absolute atomic E-state index is 11.6. The molecule has 1 aromatic heterocycles. The van der Waals surface area contributed by atoms with E-state index >= 15 is 0 Å². The number of imidazole rings is 1. The molecule has 0 fully saturated rings. The number of nitrogens with one attached hydrogen (secondary N) is 1. The van der Waals surface area contributed by atoms with Crippen LogP contribution in [0.3, 0.4) is 0 Å². The Kier molecular flexibility index (Phi) is 5.00. The van der Waals surface area contributed by atoms with E-state index in [4.69, 9.17) is 11.6 Å². The van der Waals surface area contributed by atoms with Crippen LogP contribution in [0.15, 0.2) is 18.7 Å². The summed E-state index contributed by atoms with van der Waals surface area (Å²) in [6, 6.07) is 0.0624. The zero-order valence-electron chi connectivity index (χ0n) is 10.6. The summed E-state index contributed by atoms with van der Waals surface area (Å²) < 4.78 is 1.97. The minimum absolute atomic E-state index is 0.0000373. The van der Waals surface area contributed by atoms with Crippen molar-refractivity contribution >= 4 is 17.5 Å². The number of alkyl halides is 1. The molecule has 0 aliphatic rings. The maximum Gasteiger partial charge on any atom is 0.221 e. The van der Waals surface area contributed by atoms with Crippen molar-refractivity contribution in [1.29, 1.82) is 0 Å². The molecule has 0 bridgehead atoms. The Labute approximate surface area is 107 Å². The standard InChI is InChI=1S/C12H20ClN3O/c1-12(2,3)10(15-11(17)4-5-13)8-16-7-6-14-9-16/h6-7,9-10H,4-5,8H2,1-3H3,(H,15,17). The topological polar surface area (TPSA) is 46.9 Å². The zero-order chi connectivity index (χ0) is 12.9. The van der Waals surface area contributed by atoms with Gasteiger partial charge in [0.25, 0.3) is 0 Å². The molecular weight excluding hydrogens is 238 g/mol. The van der Waals surface area contributed by atoms with Crippen molar-refractivity contribution in [2.75, 3.05) is 5.88 Å². The van der Waals surface area contributed by atoms with E-state index < -0.39 is 0 Å². The van der Waals surface area contributed by atoms with E-state index in [1.54, 1.807) is 12.5 Å². The van der Waals surface area contributed by atoms with Crippen molar-refractivity contribution < 1.29 is 4.79 Å². The monoisotopic (exact) mass is 257 g/mol. The minimum atomic E-state index is -0.00770. The molecule has 17 heavy (non-hydrogen) atoms. The fourth-order valence-corrected chi connectivity index (χ4v) is 1.67. The molecule has 5 heteroatoms. The molecule has 1 rings (SSSR count). The van der Waals surface area contributed by atoms with Crippen molar-refractivity contribution in [3.63, 3.8) is 0 Å². The van der Waals surface area contributed by atoms with Crippen LogP contribution in [0.25, 0.3) is 0 Å². The molecule has 0 spiro atoms. The Morgan fingerprint density at radius 1 is 1.53 bits per heavy atom. The van der Waals surface area contributed by atoms with Crippen molar-refractivity contribution in [3.05, 3.63) is 18.7 Å². The van der Waals surface area contributed by atoms with Crippen LogP contribution < -0.4 is 5.32 Å². The number of halogens is 1. The summed E-state index contributed by atoms with van der Waals surface area (Å²) in [4.78, 5) is 15.6. The van der Waals surface area contributed by atoms with Crippen molar-refractivity contribution in [2.24, 2.45) is 5.41 Å². The second kappa shape index (κ2) is 6.05. The van der Waals surface area contributed by atoms with Gasteiger partial charge in [0.2, 0.25) is 5.91 Å². The number of hydrogen-bond donors (Lipinski definition) is 1. The van der Waals surface area contributed by atoms with E-state index in [1.807, 2.05) is 10.8 Å². The fraction of sp³-hybridized carbons (Fsp3) is 0.667. The molecule has 1 N–H and O–H groups in total. The van der Waals surface area contributed by atoms with E-state index in [-0.39, 0.29) is 17.4 Å². The summed E-state index contributed by atoms with van der Waals surface area (Å²) >= 11 is 5.56. The van der Waals surface area contributed by atoms with Crippen molar-refractivity contribution in [3.8, 4) is 0 Å². The Hall–Kier alpha value is -1.03. The van der Waals surface area contributed by atoms with Crippen molar-refractivity contribution in [2.45, 2.75) is 39.8 Å². The van der Waals surface area contributed by atoms with E-state index in [9.17, 15) is 4.79 Å². The second-order valence-corrected chi connectivity index (χ2v) is 5.56. The molecule has 4 nitrogen and oxygen atoms in total. The van der Waals surface area contributed by atoms with Gasteiger partial charge in [-0.15, -0.1) is 11.6 Å². The van der Waals surface area contributed by atoms with Gasteiger partial charge >= 0.3 is 0 Å². The van der Waals surface area contributed by atoms with Crippen LogP contribution in [-0.2, 0) is 11.3 Å². The number of nitrogens with zero attached hydrogens (tertiary/aromatic N) is 2. The molecular formula is C12H20ClN3O. The van der Waals surface area contributed by atoms with Crippen LogP contribution in [0, 0.1) is 5.41 Å². The lowest BCUT2D eigenvalue weighted by atomic mass is 9.86. The average Bonchev–Trinajstić information content (AvgIpc) is 2.68. The van der Waals surface area contributed by atoms with Gasteiger partial charge in [-0.25, -0.2) is 4.98 Å². The lowest BCUT2D eigenvalue weighted by Gasteiger charge is -2.31. The van der Waals surface area contributed by atoms with Gasteiger partial charge in [-0.1, -0.05) is 20.8 Å². The van der Waals surface area contributed by atoms with Gasteiger partial charge in [-0.05, 0) is 5.41 Å². The molecule has 96 valence electrons. The van der Waals surface area contributed by atoms with Gasteiger partial charge < -0.3 is 9.88 Å². The fourth-order valence-electron chi connectivity index (χ4n) is 1.49. The van der Waals surface area contributed by atoms with Crippen LogP contribution in [0.1, 0.15) is 27.2 Å². The van der Waals surface area contributed by atoms with Gasteiger partial charge in [0.15, 0.2) is 0 Å². The highest BCUT2D eigenvalue weighted by Crippen LogP contribution is 2.20. The largest absolute Gasteiger partial charge is 0.351 e. The molecule has 0 saturated carbocycles. The maximum atomic E-state index is 11.6. The number of amides is 1. The molecule has 0 aliphatic carbocycles. The summed E-state index contributed by atoms with van der Waals surface area (Å²) in [5, 5.41) is 3.02. The Morgan fingerprint density at radius 2 is 2.24 bits per heavy atom. The quantitative estimate of drug-likeness (QED) is 0.821. The predicted molar refractivity (Wildman–Crippen MR) is 68.9 cm³/mol. The molecule has 1 aromatic rings. The van der Waals surface area contributed by atoms with Crippen molar-refractivity contribution in [1.82, 2.24) is 14.9 Å². The van der Waals surface area contributed by atoms with Gasteiger partial charge in [0.1, 0.15) is 0 Å². The SMILES string of the molecule is CC(C)(C)C(Cn1ccnc1)NC(=O)CCCl. The second-order valence-electron chi connectivity index (χ2n) is 5.18. The van der Waals surface area contributed by atoms with Crippen LogP contribution in [0.2, 0.25) is 0 Å².